The summed E-state index contributed by atoms with van der Waals surface area (Å²) in [5.41, 5.74) is 0. The first-order valence-electron chi connectivity index (χ1n) is 5.10. The molecule has 0 saturated heterocycles. The van der Waals surface area contributed by atoms with Gasteiger partial charge in [0.05, 0.1) is 12.6 Å². The molecule has 0 atom stereocenters. The maximum Gasteiger partial charge on any atom is 0.234 e. The smallest absolute Gasteiger partial charge is 0.234 e. The summed E-state index contributed by atoms with van der Waals surface area (Å²) in [4.78, 5) is 13.3. The second kappa shape index (κ2) is 8.52. The van der Waals surface area contributed by atoms with Gasteiger partial charge in [-0.25, -0.2) is 0 Å². The maximum absolute atomic E-state index is 11.2. The molecule has 0 aromatic rings. The van der Waals surface area contributed by atoms with Gasteiger partial charge in [0, 0.05) is 13.0 Å². The Morgan fingerprint density at radius 1 is 1.50 bits per heavy atom. The number of unbranched alkanes of at least 4 members (excludes halogenated alkanes) is 1. The van der Waals surface area contributed by atoms with Crippen molar-refractivity contribution in [1.29, 1.82) is 5.26 Å². The summed E-state index contributed by atoms with van der Waals surface area (Å²) in [6.07, 6.45) is 1.40. The second-order valence-electron chi connectivity index (χ2n) is 3.08. The lowest BCUT2D eigenvalue weighted by Gasteiger charge is -2.18. The topological polar surface area (TPSA) is 56.1 Å². The Labute approximate surface area is 85.9 Å². The molecule has 0 aromatic carbocycles. The third kappa shape index (κ3) is 6.44. The van der Waals surface area contributed by atoms with Crippen molar-refractivity contribution in [3.8, 4) is 6.07 Å². The molecule has 0 saturated carbocycles. The highest BCUT2D eigenvalue weighted by atomic mass is 16.2. The fourth-order valence-corrected chi connectivity index (χ4v) is 1.19. The van der Waals surface area contributed by atoms with Crippen LogP contribution >= 0.6 is 0 Å². The molecule has 0 aromatic heterocycles. The molecule has 80 valence electrons. The van der Waals surface area contributed by atoms with E-state index in [4.69, 9.17) is 5.26 Å². The van der Waals surface area contributed by atoms with Crippen LogP contribution < -0.4 is 5.32 Å². The van der Waals surface area contributed by atoms with Gasteiger partial charge in [-0.05, 0) is 26.4 Å². The van der Waals surface area contributed by atoms with Crippen molar-refractivity contribution in [3.63, 3.8) is 0 Å². The average Bonchev–Trinajstić information content (AvgIpc) is 2.17. The van der Waals surface area contributed by atoms with Crippen LogP contribution in [0.5, 0.6) is 0 Å². The van der Waals surface area contributed by atoms with Crippen LogP contribution in [0.3, 0.4) is 0 Å². The van der Waals surface area contributed by atoms with E-state index in [0.29, 0.717) is 19.5 Å². The van der Waals surface area contributed by atoms with Crippen molar-refractivity contribution in [2.75, 3.05) is 26.2 Å². The van der Waals surface area contributed by atoms with Crippen molar-refractivity contribution in [3.05, 3.63) is 0 Å². The summed E-state index contributed by atoms with van der Waals surface area (Å²) in [6.45, 7) is 6.71. The average molecular weight is 197 g/mol. The monoisotopic (exact) mass is 197 g/mol. The van der Waals surface area contributed by atoms with Gasteiger partial charge in [0.1, 0.15) is 0 Å². The zero-order valence-electron chi connectivity index (χ0n) is 9.05. The Morgan fingerprint density at radius 2 is 2.21 bits per heavy atom. The Hall–Kier alpha value is -1.08. The molecule has 1 N–H and O–H groups in total. The summed E-state index contributed by atoms with van der Waals surface area (Å²) in [5, 5.41) is 11.1. The Balaban J connectivity index is 3.68. The molecule has 0 fully saturated rings. The number of hydrogen-bond acceptors (Lipinski definition) is 3. The van der Waals surface area contributed by atoms with E-state index < -0.39 is 0 Å². The van der Waals surface area contributed by atoms with Crippen molar-refractivity contribution in [1.82, 2.24) is 10.2 Å². The van der Waals surface area contributed by atoms with Crippen molar-refractivity contribution >= 4 is 5.91 Å². The van der Waals surface area contributed by atoms with E-state index in [0.717, 1.165) is 19.5 Å². The minimum Gasteiger partial charge on any atom is -0.355 e. The molecular weight excluding hydrogens is 178 g/mol. The van der Waals surface area contributed by atoms with E-state index in [1.807, 2.05) is 18.7 Å². The Kier molecular flexibility index (Phi) is 7.86. The standard InChI is InChI=1S/C10H19N3O/c1-3-12-10(14)9-13(4-2)8-6-5-7-11/h3-6,8-9H2,1-2H3,(H,12,14). The molecule has 4 heteroatoms. The van der Waals surface area contributed by atoms with Gasteiger partial charge in [-0.3, -0.25) is 9.69 Å². The Morgan fingerprint density at radius 3 is 2.71 bits per heavy atom. The number of nitrogens with zero attached hydrogens (tertiary/aromatic N) is 2. The van der Waals surface area contributed by atoms with Gasteiger partial charge in [-0.1, -0.05) is 6.92 Å². The zero-order valence-corrected chi connectivity index (χ0v) is 9.05. The molecule has 0 aliphatic carbocycles. The molecule has 0 bridgehead atoms. The number of hydrogen-bond donors (Lipinski definition) is 1. The van der Waals surface area contributed by atoms with Crippen LogP contribution in [0.1, 0.15) is 26.7 Å². The third-order valence-electron chi connectivity index (χ3n) is 1.95. The summed E-state index contributed by atoms with van der Waals surface area (Å²) < 4.78 is 0. The number of likely N-dealkylation sites (N-methyl/N-ethyl adjacent to an activating group) is 2. The van der Waals surface area contributed by atoms with E-state index in [1.165, 1.54) is 0 Å². The highest BCUT2D eigenvalue weighted by Crippen LogP contribution is 1.93. The lowest BCUT2D eigenvalue weighted by Crippen LogP contribution is -2.37. The zero-order chi connectivity index (χ0) is 10.8. The van der Waals surface area contributed by atoms with E-state index in [-0.39, 0.29) is 5.91 Å². The Bertz CT molecular complexity index is 198. The lowest BCUT2D eigenvalue weighted by atomic mass is 10.3. The minimum absolute atomic E-state index is 0.0614. The lowest BCUT2D eigenvalue weighted by molar-refractivity contribution is -0.122. The second-order valence-corrected chi connectivity index (χ2v) is 3.08. The van der Waals surface area contributed by atoms with Crippen LogP contribution in [-0.2, 0) is 4.79 Å². The highest BCUT2D eigenvalue weighted by molar-refractivity contribution is 5.77. The van der Waals surface area contributed by atoms with Gasteiger partial charge in [-0.2, -0.15) is 5.26 Å². The van der Waals surface area contributed by atoms with Crippen molar-refractivity contribution < 1.29 is 4.79 Å². The number of carbonyl (C=O) groups is 1. The van der Waals surface area contributed by atoms with E-state index in [1.54, 1.807) is 0 Å². The number of nitrogens with one attached hydrogen (secondary N) is 1. The maximum atomic E-state index is 11.2. The molecule has 0 heterocycles. The van der Waals surface area contributed by atoms with Gasteiger partial charge in [-0.15, -0.1) is 0 Å². The number of nitriles is 1. The number of amides is 1. The normalized spacial score (nSPS) is 9.86. The summed E-state index contributed by atoms with van der Waals surface area (Å²) >= 11 is 0. The van der Waals surface area contributed by atoms with E-state index in [9.17, 15) is 4.79 Å². The van der Waals surface area contributed by atoms with Gasteiger partial charge in [0.25, 0.3) is 0 Å². The molecule has 0 aliphatic heterocycles. The largest absolute Gasteiger partial charge is 0.355 e. The third-order valence-corrected chi connectivity index (χ3v) is 1.95. The summed E-state index contributed by atoms with van der Waals surface area (Å²) in [7, 11) is 0. The summed E-state index contributed by atoms with van der Waals surface area (Å²) in [6, 6.07) is 2.10. The molecule has 0 rings (SSSR count). The molecule has 0 radical (unpaired) electrons. The molecule has 0 unspecified atom stereocenters. The quantitative estimate of drug-likeness (QED) is 0.613. The number of rotatable bonds is 7. The van der Waals surface area contributed by atoms with Crippen LogP contribution in [0.15, 0.2) is 0 Å². The van der Waals surface area contributed by atoms with Gasteiger partial charge in [0.15, 0.2) is 0 Å². The first-order chi connectivity index (χ1) is 6.74. The molecule has 1 amide bonds. The predicted molar refractivity (Wildman–Crippen MR) is 55.6 cm³/mol. The molecule has 14 heavy (non-hydrogen) atoms. The molecule has 4 nitrogen and oxygen atoms in total. The van der Waals surface area contributed by atoms with Crippen LogP contribution in [0.4, 0.5) is 0 Å². The molecule has 0 spiro atoms. The minimum atomic E-state index is 0.0614. The van der Waals surface area contributed by atoms with Gasteiger partial charge < -0.3 is 5.32 Å². The number of carbonyl (C=O) groups excluding carboxylic acids is 1. The SMILES string of the molecule is CCNC(=O)CN(CC)CCCC#N. The molecule has 0 aliphatic rings. The van der Waals surface area contributed by atoms with Gasteiger partial charge in [0.2, 0.25) is 5.91 Å². The van der Waals surface area contributed by atoms with Crippen LogP contribution in [-0.4, -0.2) is 37.0 Å². The van der Waals surface area contributed by atoms with Crippen LogP contribution in [0, 0.1) is 11.3 Å². The molecular formula is C10H19N3O. The first kappa shape index (κ1) is 12.9. The van der Waals surface area contributed by atoms with Crippen LogP contribution in [0.2, 0.25) is 0 Å². The van der Waals surface area contributed by atoms with Crippen molar-refractivity contribution in [2.45, 2.75) is 26.7 Å². The fraction of sp³-hybridized carbons (Fsp3) is 0.800. The van der Waals surface area contributed by atoms with Crippen molar-refractivity contribution in [2.24, 2.45) is 0 Å². The van der Waals surface area contributed by atoms with Gasteiger partial charge >= 0.3 is 0 Å². The first-order valence-corrected chi connectivity index (χ1v) is 5.10. The highest BCUT2D eigenvalue weighted by Gasteiger charge is 2.06. The summed E-state index contributed by atoms with van der Waals surface area (Å²) in [5.74, 6) is 0.0614. The van der Waals surface area contributed by atoms with E-state index >= 15 is 0 Å². The predicted octanol–water partition coefficient (Wildman–Crippen LogP) is 0.748. The van der Waals surface area contributed by atoms with E-state index in [2.05, 4.69) is 11.4 Å². The fourth-order valence-electron chi connectivity index (χ4n) is 1.19. The van der Waals surface area contributed by atoms with Crippen LogP contribution in [0.25, 0.3) is 0 Å².